The fourth-order valence-electron chi connectivity index (χ4n) is 2.33. The Bertz CT molecular complexity index is 572. The van der Waals surface area contributed by atoms with Gasteiger partial charge in [-0.3, -0.25) is 4.79 Å². The molecule has 0 fully saturated rings. The maximum absolute atomic E-state index is 12.1. The molecule has 0 saturated heterocycles. The van der Waals surface area contributed by atoms with Crippen LogP contribution in [0.3, 0.4) is 0 Å². The van der Waals surface area contributed by atoms with Crippen molar-refractivity contribution in [3.8, 4) is 0 Å². The van der Waals surface area contributed by atoms with Gasteiger partial charge in [-0.15, -0.1) is 0 Å². The van der Waals surface area contributed by atoms with E-state index in [4.69, 9.17) is 4.52 Å². The molecule has 0 aliphatic heterocycles. The monoisotopic (exact) mass is 260 g/mol. The van der Waals surface area contributed by atoms with E-state index in [1.165, 1.54) is 0 Å². The second kappa shape index (κ2) is 5.43. The van der Waals surface area contributed by atoms with Crippen molar-refractivity contribution in [2.24, 2.45) is 0 Å². The second-order valence-corrected chi connectivity index (χ2v) is 5.48. The van der Waals surface area contributed by atoms with Crippen molar-refractivity contribution in [1.82, 2.24) is 10.5 Å². The molecule has 0 atom stereocenters. The lowest BCUT2D eigenvalue weighted by atomic mass is 9.98. The van der Waals surface area contributed by atoms with Gasteiger partial charge in [0.05, 0.1) is 6.42 Å². The summed E-state index contributed by atoms with van der Waals surface area (Å²) in [6.45, 7) is 6.18. The molecule has 102 valence electrons. The molecule has 0 saturated carbocycles. The average Bonchev–Trinajstić information content (AvgIpc) is 2.72. The summed E-state index contributed by atoms with van der Waals surface area (Å²) >= 11 is 0. The summed E-state index contributed by atoms with van der Waals surface area (Å²) in [5.41, 5.74) is 1.24. The lowest BCUT2D eigenvalue weighted by molar-refractivity contribution is -0.122. The minimum atomic E-state index is -0.175. The second-order valence-electron chi connectivity index (χ2n) is 5.48. The Morgan fingerprint density at radius 1 is 1.37 bits per heavy atom. The zero-order valence-corrected chi connectivity index (χ0v) is 11.7. The minimum absolute atomic E-state index is 0.0162. The molecule has 4 nitrogen and oxygen atoms in total. The third-order valence-corrected chi connectivity index (χ3v) is 3.13. The Balaban J connectivity index is 2.07. The van der Waals surface area contributed by atoms with Gasteiger partial charge in [-0.05, 0) is 32.4 Å². The fraction of sp³-hybridized carbons (Fsp3) is 0.467. The van der Waals surface area contributed by atoms with Gasteiger partial charge in [0, 0.05) is 10.9 Å². The lowest BCUT2D eigenvalue weighted by Crippen LogP contribution is -2.44. The Labute approximate surface area is 113 Å². The normalized spacial score (nSPS) is 11.7. The first-order valence-corrected chi connectivity index (χ1v) is 6.66. The molecule has 0 radical (unpaired) electrons. The number of amides is 1. The minimum Gasteiger partial charge on any atom is -0.356 e. The number of hydrogen-bond donors (Lipinski definition) is 1. The topological polar surface area (TPSA) is 55.1 Å². The first-order valence-electron chi connectivity index (χ1n) is 6.66. The average molecular weight is 260 g/mol. The van der Waals surface area contributed by atoms with Crippen LogP contribution in [0.2, 0.25) is 0 Å². The van der Waals surface area contributed by atoms with E-state index in [1.807, 2.05) is 38.1 Å². The Kier molecular flexibility index (Phi) is 3.88. The molecule has 19 heavy (non-hydrogen) atoms. The summed E-state index contributed by atoms with van der Waals surface area (Å²) in [6, 6.07) is 7.58. The van der Waals surface area contributed by atoms with Gasteiger partial charge >= 0.3 is 0 Å². The predicted octanol–water partition coefficient (Wildman–Crippen LogP) is 3.07. The number of nitrogens with zero attached hydrogens (tertiary/aromatic N) is 1. The molecular weight excluding hydrogens is 240 g/mol. The molecule has 1 heterocycles. The standard InChI is InChI=1S/C15H20N2O2/c1-4-9-15(2,3)16-14(18)10-12-11-7-5-6-8-13(11)19-17-12/h5-8H,4,9-10H2,1-3H3,(H,16,18). The highest BCUT2D eigenvalue weighted by atomic mass is 16.5. The first-order chi connectivity index (χ1) is 9.02. The smallest absolute Gasteiger partial charge is 0.226 e. The van der Waals surface area contributed by atoms with Crippen molar-refractivity contribution in [2.75, 3.05) is 0 Å². The fourth-order valence-corrected chi connectivity index (χ4v) is 2.33. The van der Waals surface area contributed by atoms with Gasteiger partial charge < -0.3 is 9.84 Å². The highest BCUT2D eigenvalue weighted by Gasteiger charge is 2.20. The summed E-state index contributed by atoms with van der Waals surface area (Å²) in [7, 11) is 0. The predicted molar refractivity (Wildman–Crippen MR) is 74.8 cm³/mol. The number of nitrogens with one attached hydrogen (secondary N) is 1. The zero-order chi connectivity index (χ0) is 13.9. The molecule has 1 aromatic heterocycles. The number of hydrogen-bond acceptors (Lipinski definition) is 3. The van der Waals surface area contributed by atoms with Gasteiger partial charge in [-0.25, -0.2) is 0 Å². The molecule has 0 unspecified atom stereocenters. The van der Waals surface area contributed by atoms with Gasteiger partial charge in [0.1, 0.15) is 5.69 Å². The summed E-state index contributed by atoms with van der Waals surface area (Å²) in [4.78, 5) is 12.1. The van der Waals surface area contributed by atoms with Crippen LogP contribution >= 0.6 is 0 Å². The molecule has 2 rings (SSSR count). The van der Waals surface area contributed by atoms with E-state index in [9.17, 15) is 4.79 Å². The van der Waals surface area contributed by atoms with Crippen molar-refractivity contribution < 1.29 is 9.32 Å². The molecule has 0 bridgehead atoms. The van der Waals surface area contributed by atoms with E-state index in [2.05, 4.69) is 17.4 Å². The molecule has 4 heteroatoms. The summed E-state index contributed by atoms with van der Waals surface area (Å²) in [6.07, 6.45) is 2.25. The Morgan fingerprint density at radius 3 is 2.84 bits per heavy atom. The maximum atomic E-state index is 12.1. The number of carbonyl (C=O) groups excluding carboxylic acids is 1. The molecular formula is C15H20N2O2. The Morgan fingerprint density at radius 2 is 2.11 bits per heavy atom. The van der Waals surface area contributed by atoms with Crippen LogP contribution in [0.1, 0.15) is 39.3 Å². The van der Waals surface area contributed by atoms with E-state index in [0.717, 1.165) is 23.8 Å². The number of carbonyl (C=O) groups is 1. The van der Waals surface area contributed by atoms with Crippen LogP contribution in [-0.2, 0) is 11.2 Å². The number of aromatic nitrogens is 1. The van der Waals surface area contributed by atoms with Gasteiger partial charge in [-0.2, -0.15) is 0 Å². The first kappa shape index (κ1) is 13.6. The molecule has 0 aliphatic carbocycles. The number of rotatable bonds is 5. The van der Waals surface area contributed by atoms with Gasteiger partial charge in [-0.1, -0.05) is 30.6 Å². The molecule has 0 spiro atoms. The SMILES string of the molecule is CCCC(C)(C)NC(=O)Cc1noc2ccccc12. The lowest BCUT2D eigenvalue weighted by Gasteiger charge is -2.25. The van der Waals surface area contributed by atoms with Crippen LogP contribution < -0.4 is 5.32 Å². The molecule has 0 aliphatic rings. The van der Waals surface area contributed by atoms with Crippen molar-refractivity contribution in [2.45, 2.75) is 45.6 Å². The van der Waals surface area contributed by atoms with Crippen LogP contribution in [0, 0.1) is 0 Å². The molecule has 2 aromatic rings. The molecule has 1 aromatic carbocycles. The van der Waals surface area contributed by atoms with Crippen LogP contribution in [0.4, 0.5) is 0 Å². The highest BCUT2D eigenvalue weighted by Crippen LogP contribution is 2.18. The van der Waals surface area contributed by atoms with E-state index < -0.39 is 0 Å². The number of para-hydroxylation sites is 1. The number of benzene rings is 1. The van der Waals surface area contributed by atoms with Gasteiger partial charge in [0.2, 0.25) is 5.91 Å². The summed E-state index contributed by atoms with van der Waals surface area (Å²) < 4.78 is 5.20. The molecule has 1 N–H and O–H groups in total. The van der Waals surface area contributed by atoms with Gasteiger partial charge in [0.25, 0.3) is 0 Å². The van der Waals surface area contributed by atoms with Crippen molar-refractivity contribution in [3.63, 3.8) is 0 Å². The van der Waals surface area contributed by atoms with Crippen LogP contribution in [0.15, 0.2) is 28.8 Å². The maximum Gasteiger partial charge on any atom is 0.226 e. The van der Waals surface area contributed by atoms with E-state index in [-0.39, 0.29) is 17.9 Å². The van der Waals surface area contributed by atoms with Gasteiger partial charge in [0.15, 0.2) is 5.58 Å². The van der Waals surface area contributed by atoms with Crippen LogP contribution in [0.5, 0.6) is 0 Å². The quantitative estimate of drug-likeness (QED) is 0.898. The van der Waals surface area contributed by atoms with Crippen molar-refractivity contribution in [1.29, 1.82) is 0 Å². The number of fused-ring (bicyclic) bond motifs is 1. The zero-order valence-electron chi connectivity index (χ0n) is 11.7. The summed E-state index contributed by atoms with van der Waals surface area (Å²) in [5, 5.41) is 7.92. The van der Waals surface area contributed by atoms with Crippen LogP contribution in [-0.4, -0.2) is 16.6 Å². The Hall–Kier alpha value is -1.84. The van der Waals surface area contributed by atoms with E-state index >= 15 is 0 Å². The third kappa shape index (κ3) is 3.34. The largest absolute Gasteiger partial charge is 0.356 e. The van der Waals surface area contributed by atoms with E-state index in [0.29, 0.717) is 5.69 Å². The highest BCUT2D eigenvalue weighted by molar-refractivity contribution is 5.86. The molecule has 1 amide bonds. The van der Waals surface area contributed by atoms with Crippen molar-refractivity contribution in [3.05, 3.63) is 30.0 Å². The third-order valence-electron chi connectivity index (χ3n) is 3.13. The van der Waals surface area contributed by atoms with E-state index in [1.54, 1.807) is 0 Å². The van der Waals surface area contributed by atoms with Crippen molar-refractivity contribution >= 4 is 16.9 Å². The van der Waals surface area contributed by atoms with Crippen LogP contribution in [0.25, 0.3) is 11.0 Å². The summed E-state index contributed by atoms with van der Waals surface area (Å²) in [5.74, 6) is -0.0162.